The quantitative estimate of drug-likeness (QED) is 0.643. The number of piperazine rings is 1. The standard InChI is InChI=1S/C18H24N4O3/c19-12-13-10-15(18(23)16(11-13)22(24)25)17(14-4-2-1-3-5-14)21-8-6-20-7-9-21/h10-11,14,17,20,23H,1-9H2/t17-/m0/s1. The van der Waals surface area contributed by atoms with E-state index in [1.807, 2.05) is 6.07 Å². The third kappa shape index (κ3) is 3.75. The first-order valence-electron chi connectivity index (χ1n) is 8.98. The Hall–Kier alpha value is -2.17. The molecule has 2 fully saturated rings. The number of nitrogens with one attached hydrogen (secondary N) is 1. The molecular formula is C18H24N4O3. The number of hydrogen-bond acceptors (Lipinski definition) is 6. The Morgan fingerprint density at radius 2 is 1.96 bits per heavy atom. The summed E-state index contributed by atoms with van der Waals surface area (Å²) in [5.41, 5.74) is 0.403. The molecule has 2 aliphatic rings. The molecule has 7 nitrogen and oxygen atoms in total. The van der Waals surface area contributed by atoms with Crippen LogP contribution in [0, 0.1) is 27.4 Å². The van der Waals surface area contributed by atoms with Gasteiger partial charge in [0.2, 0.25) is 0 Å². The number of nitro benzene ring substituents is 1. The first kappa shape index (κ1) is 17.6. The highest BCUT2D eigenvalue weighted by molar-refractivity contribution is 5.57. The topological polar surface area (TPSA) is 102 Å². The van der Waals surface area contributed by atoms with Gasteiger partial charge in [-0.3, -0.25) is 15.0 Å². The molecule has 0 spiro atoms. The molecule has 2 N–H and O–H groups in total. The average Bonchev–Trinajstić information content (AvgIpc) is 2.65. The monoisotopic (exact) mass is 344 g/mol. The van der Waals surface area contributed by atoms with Crippen molar-refractivity contribution in [2.45, 2.75) is 38.1 Å². The number of rotatable bonds is 4. The van der Waals surface area contributed by atoms with Crippen molar-refractivity contribution < 1.29 is 10.0 Å². The third-order valence-electron chi connectivity index (χ3n) is 5.41. The van der Waals surface area contributed by atoms with E-state index in [0.717, 1.165) is 57.9 Å². The summed E-state index contributed by atoms with van der Waals surface area (Å²) >= 11 is 0. The maximum absolute atomic E-state index is 11.3. The number of phenols is 1. The summed E-state index contributed by atoms with van der Waals surface area (Å²) in [7, 11) is 0. The van der Waals surface area contributed by atoms with E-state index < -0.39 is 4.92 Å². The minimum atomic E-state index is -0.602. The van der Waals surface area contributed by atoms with Crippen LogP contribution < -0.4 is 5.32 Å². The largest absolute Gasteiger partial charge is 0.502 e. The Morgan fingerprint density at radius 3 is 2.56 bits per heavy atom. The lowest BCUT2D eigenvalue weighted by Crippen LogP contribution is -2.47. The molecule has 3 rings (SSSR count). The molecule has 1 heterocycles. The molecule has 25 heavy (non-hydrogen) atoms. The molecule has 0 aromatic heterocycles. The Bertz CT molecular complexity index is 656. The zero-order chi connectivity index (χ0) is 17.8. The van der Waals surface area contributed by atoms with Gasteiger partial charge in [-0.2, -0.15) is 5.26 Å². The Labute approximate surface area is 147 Å². The lowest BCUT2D eigenvalue weighted by atomic mass is 9.79. The van der Waals surface area contributed by atoms with Gasteiger partial charge in [-0.05, 0) is 24.8 Å². The molecule has 0 unspecified atom stereocenters. The predicted molar refractivity (Wildman–Crippen MR) is 93.2 cm³/mol. The fraction of sp³-hybridized carbons (Fsp3) is 0.611. The number of nitriles is 1. The second-order valence-corrected chi connectivity index (χ2v) is 6.93. The molecule has 0 radical (unpaired) electrons. The molecule has 0 bridgehead atoms. The molecule has 134 valence electrons. The Kier molecular flexibility index (Phi) is 5.51. The molecule has 1 aromatic rings. The van der Waals surface area contributed by atoms with Crippen molar-refractivity contribution in [2.24, 2.45) is 5.92 Å². The summed E-state index contributed by atoms with van der Waals surface area (Å²) in [6.45, 7) is 3.41. The second-order valence-electron chi connectivity index (χ2n) is 6.93. The first-order valence-corrected chi connectivity index (χ1v) is 8.98. The smallest absolute Gasteiger partial charge is 0.312 e. The summed E-state index contributed by atoms with van der Waals surface area (Å²) < 4.78 is 0. The Morgan fingerprint density at radius 1 is 1.28 bits per heavy atom. The number of benzene rings is 1. The highest BCUT2D eigenvalue weighted by atomic mass is 16.6. The van der Waals surface area contributed by atoms with Crippen LogP contribution in [0.3, 0.4) is 0 Å². The summed E-state index contributed by atoms with van der Waals surface area (Å²) in [4.78, 5) is 13.0. The van der Waals surface area contributed by atoms with E-state index in [1.165, 1.54) is 6.42 Å². The zero-order valence-electron chi connectivity index (χ0n) is 14.3. The fourth-order valence-electron chi connectivity index (χ4n) is 4.23. The third-order valence-corrected chi connectivity index (χ3v) is 5.41. The molecule has 1 atom stereocenters. The molecule has 1 saturated carbocycles. The van der Waals surface area contributed by atoms with E-state index in [4.69, 9.17) is 0 Å². The van der Waals surface area contributed by atoms with Crippen LogP contribution in [0.5, 0.6) is 5.75 Å². The predicted octanol–water partition coefficient (Wildman–Crippen LogP) is 2.70. The van der Waals surface area contributed by atoms with Crippen molar-refractivity contribution in [3.63, 3.8) is 0 Å². The molecule has 1 aliphatic heterocycles. The van der Waals surface area contributed by atoms with Gasteiger partial charge in [0.05, 0.1) is 16.6 Å². The van der Waals surface area contributed by atoms with Crippen molar-refractivity contribution in [2.75, 3.05) is 26.2 Å². The molecule has 1 aliphatic carbocycles. The van der Waals surface area contributed by atoms with E-state index in [-0.39, 0.29) is 23.0 Å². The van der Waals surface area contributed by atoms with Gasteiger partial charge in [-0.25, -0.2) is 0 Å². The number of phenolic OH excluding ortho intramolecular Hbond substituents is 1. The van der Waals surface area contributed by atoms with Crippen LogP contribution in [0.4, 0.5) is 5.69 Å². The first-order chi connectivity index (χ1) is 12.1. The van der Waals surface area contributed by atoms with Gasteiger partial charge >= 0.3 is 5.69 Å². The van der Waals surface area contributed by atoms with Crippen molar-refractivity contribution in [3.8, 4) is 11.8 Å². The van der Waals surface area contributed by atoms with Crippen LogP contribution in [0.2, 0.25) is 0 Å². The van der Waals surface area contributed by atoms with E-state index in [1.54, 1.807) is 6.07 Å². The number of aromatic hydroxyl groups is 1. The number of nitrogens with zero attached hydrogens (tertiary/aromatic N) is 3. The van der Waals surface area contributed by atoms with Crippen LogP contribution in [0.1, 0.15) is 49.3 Å². The second kappa shape index (κ2) is 7.81. The SMILES string of the molecule is N#Cc1cc([C@H](C2CCCCC2)N2CCNCC2)c(O)c([N+](=O)[O-])c1. The molecule has 7 heteroatoms. The molecule has 1 aromatic carbocycles. The van der Waals surface area contributed by atoms with E-state index in [9.17, 15) is 20.5 Å². The summed E-state index contributed by atoms with van der Waals surface area (Å²) in [6.07, 6.45) is 5.62. The highest BCUT2D eigenvalue weighted by Crippen LogP contribution is 2.44. The lowest BCUT2D eigenvalue weighted by Gasteiger charge is -2.41. The zero-order valence-corrected chi connectivity index (χ0v) is 14.3. The van der Waals surface area contributed by atoms with Crippen molar-refractivity contribution in [1.82, 2.24) is 10.2 Å². The van der Waals surface area contributed by atoms with Crippen molar-refractivity contribution in [3.05, 3.63) is 33.4 Å². The minimum absolute atomic E-state index is 0.0746. The van der Waals surface area contributed by atoms with Crippen LogP contribution in [-0.2, 0) is 0 Å². The molecule has 0 amide bonds. The van der Waals surface area contributed by atoms with Gasteiger partial charge in [0, 0.05) is 43.9 Å². The highest BCUT2D eigenvalue weighted by Gasteiger charge is 2.35. The van der Waals surface area contributed by atoms with Gasteiger partial charge < -0.3 is 10.4 Å². The van der Waals surface area contributed by atoms with Crippen LogP contribution in [0.25, 0.3) is 0 Å². The van der Waals surface area contributed by atoms with E-state index >= 15 is 0 Å². The Balaban J connectivity index is 2.06. The lowest BCUT2D eigenvalue weighted by molar-refractivity contribution is -0.386. The summed E-state index contributed by atoms with van der Waals surface area (Å²) in [5, 5.41) is 34.6. The van der Waals surface area contributed by atoms with E-state index in [0.29, 0.717) is 11.5 Å². The fourth-order valence-corrected chi connectivity index (χ4v) is 4.23. The average molecular weight is 344 g/mol. The van der Waals surface area contributed by atoms with E-state index in [2.05, 4.69) is 10.2 Å². The van der Waals surface area contributed by atoms with Crippen molar-refractivity contribution in [1.29, 1.82) is 5.26 Å². The maximum atomic E-state index is 11.3. The maximum Gasteiger partial charge on any atom is 0.312 e. The molecular weight excluding hydrogens is 320 g/mol. The van der Waals surface area contributed by atoms with Crippen molar-refractivity contribution >= 4 is 5.69 Å². The summed E-state index contributed by atoms with van der Waals surface area (Å²) in [5.74, 6) is 0.0735. The normalized spacial score (nSPS) is 20.8. The summed E-state index contributed by atoms with van der Waals surface area (Å²) in [6, 6.07) is 4.73. The van der Waals surface area contributed by atoms with Crippen LogP contribution in [0.15, 0.2) is 12.1 Å². The van der Waals surface area contributed by atoms with Gasteiger partial charge in [0.1, 0.15) is 0 Å². The van der Waals surface area contributed by atoms with Gasteiger partial charge in [0.15, 0.2) is 5.75 Å². The van der Waals surface area contributed by atoms with Crippen LogP contribution in [-0.4, -0.2) is 41.1 Å². The minimum Gasteiger partial charge on any atom is -0.502 e. The van der Waals surface area contributed by atoms with Gasteiger partial charge in [0.25, 0.3) is 0 Å². The number of nitro groups is 1. The van der Waals surface area contributed by atoms with Gasteiger partial charge in [-0.15, -0.1) is 0 Å². The molecule has 1 saturated heterocycles. The van der Waals surface area contributed by atoms with Crippen LogP contribution >= 0.6 is 0 Å². The van der Waals surface area contributed by atoms with Gasteiger partial charge in [-0.1, -0.05) is 19.3 Å². The number of hydrogen-bond donors (Lipinski definition) is 2.